The molecule has 0 fully saturated rings. The molecule has 1 atom stereocenters. The van der Waals surface area contributed by atoms with Crippen molar-refractivity contribution in [3.05, 3.63) is 57.8 Å². The summed E-state index contributed by atoms with van der Waals surface area (Å²) in [6.45, 7) is 2.77. The average Bonchev–Trinajstić information content (AvgIpc) is 2.90. The van der Waals surface area contributed by atoms with Gasteiger partial charge in [0.2, 0.25) is 0 Å². The van der Waals surface area contributed by atoms with E-state index >= 15 is 0 Å². The van der Waals surface area contributed by atoms with Crippen LogP contribution in [0.25, 0.3) is 0 Å². The Morgan fingerprint density at radius 3 is 2.39 bits per heavy atom. The molecule has 2 aromatic rings. The molecule has 0 aliphatic rings. The standard InChI is InChI=1S/C14H15F2NS/c1-10(13-6-7-18-9-13)17-8-11-2-4-12(5-3-11)14(15)16/h2-7,9-10,14,17H,8H2,1H3. The van der Waals surface area contributed by atoms with E-state index in [1.807, 2.05) is 5.38 Å². The molecule has 1 unspecified atom stereocenters. The fourth-order valence-corrected chi connectivity index (χ4v) is 2.45. The second kappa shape index (κ2) is 6.07. The van der Waals surface area contributed by atoms with Gasteiger partial charge in [-0.1, -0.05) is 24.3 Å². The van der Waals surface area contributed by atoms with Gasteiger partial charge in [-0.25, -0.2) is 8.78 Å². The van der Waals surface area contributed by atoms with Crippen LogP contribution < -0.4 is 5.32 Å². The topological polar surface area (TPSA) is 12.0 Å². The molecule has 0 amide bonds. The van der Waals surface area contributed by atoms with Crippen LogP contribution in [0.2, 0.25) is 0 Å². The summed E-state index contributed by atoms with van der Waals surface area (Å²) in [6.07, 6.45) is -2.39. The zero-order valence-electron chi connectivity index (χ0n) is 10.1. The molecule has 0 saturated heterocycles. The first kappa shape index (κ1) is 13.2. The van der Waals surface area contributed by atoms with Crippen molar-refractivity contribution in [2.75, 3.05) is 0 Å². The minimum Gasteiger partial charge on any atom is -0.306 e. The predicted octanol–water partition coefficient (Wildman–Crippen LogP) is 4.54. The fourth-order valence-electron chi connectivity index (χ4n) is 1.69. The van der Waals surface area contributed by atoms with Crippen molar-refractivity contribution in [1.29, 1.82) is 0 Å². The van der Waals surface area contributed by atoms with Crippen molar-refractivity contribution >= 4 is 11.3 Å². The lowest BCUT2D eigenvalue weighted by Gasteiger charge is -2.12. The Bertz CT molecular complexity index is 465. The van der Waals surface area contributed by atoms with Crippen LogP contribution in [-0.2, 0) is 6.54 Å². The van der Waals surface area contributed by atoms with Gasteiger partial charge in [-0.3, -0.25) is 0 Å². The Morgan fingerprint density at radius 1 is 1.11 bits per heavy atom. The first-order valence-corrected chi connectivity index (χ1v) is 6.73. The summed E-state index contributed by atoms with van der Waals surface area (Å²) >= 11 is 1.67. The average molecular weight is 267 g/mol. The molecule has 1 N–H and O–H groups in total. The highest BCUT2D eigenvalue weighted by Crippen LogP contribution is 2.19. The van der Waals surface area contributed by atoms with Gasteiger partial charge in [0.05, 0.1) is 0 Å². The molecule has 1 aromatic carbocycles. The Balaban J connectivity index is 1.90. The van der Waals surface area contributed by atoms with Gasteiger partial charge in [0.1, 0.15) is 0 Å². The maximum atomic E-state index is 12.4. The van der Waals surface area contributed by atoms with E-state index in [-0.39, 0.29) is 11.6 Å². The summed E-state index contributed by atoms with van der Waals surface area (Å²) in [5.41, 5.74) is 2.34. The zero-order valence-corrected chi connectivity index (χ0v) is 10.9. The predicted molar refractivity (Wildman–Crippen MR) is 71.0 cm³/mol. The number of thiophene rings is 1. The van der Waals surface area contributed by atoms with Crippen LogP contribution in [0.15, 0.2) is 41.1 Å². The highest BCUT2D eigenvalue weighted by atomic mass is 32.1. The normalized spacial score (nSPS) is 12.9. The molecule has 1 aromatic heterocycles. The van der Waals surface area contributed by atoms with E-state index in [0.717, 1.165) is 5.56 Å². The SMILES string of the molecule is CC(NCc1ccc(C(F)F)cc1)c1ccsc1. The van der Waals surface area contributed by atoms with Gasteiger partial charge in [0.15, 0.2) is 0 Å². The highest BCUT2D eigenvalue weighted by Gasteiger charge is 2.07. The molecule has 18 heavy (non-hydrogen) atoms. The van der Waals surface area contributed by atoms with Crippen LogP contribution in [0.3, 0.4) is 0 Å². The number of alkyl halides is 2. The molecule has 96 valence electrons. The van der Waals surface area contributed by atoms with Gasteiger partial charge in [-0.05, 0) is 34.9 Å². The van der Waals surface area contributed by atoms with E-state index in [0.29, 0.717) is 6.54 Å². The van der Waals surface area contributed by atoms with E-state index in [4.69, 9.17) is 0 Å². The van der Waals surface area contributed by atoms with E-state index < -0.39 is 6.43 Å². The quantitative estimate of drug-likeness (QED) is 0.838. The first-order chi connectivity index (χ1) is 8.66. The van der Waals surface area contributed by atoms with Crippen molar-refractivity contribution in [3.63, 3.8) is 0 Å². The van der Waals surface area contributed by atoms with E-state index in [9.17, 15) is 8.78 Å². The van der Waals surface area contributed by atoms with Gasteiger partial charge in [0, 0.05) is 18.2 Å². The molecule has 1 nitrogen and oxygen atoms in total. The molecular weight excluding hydrogens is 252 g/mol. The lowest BCUT2D eigenvalue weighted by Crippen LogP contribution is -2.17. The van der Waals surface area contributed by atoms with Gasteiger partial charge >= 0.3 is 0 Å². The second-order valence-corrected chi connectivity index (χ2v) is 4.98. The summed E-state index contributed by atoms with van der Waals surface area (Å²) in [5.74, 6) is 0. The number of hydrogen-bond acceptors (Lipinski definition) is 2. The summed E-state index contributed by atoms with van der Waals surface area (Å²) in [6, 6.07) is 8.81. The van der Waals surface area contributed by atoms with Crippen molar-refractivity contribution < 1.29 is 8.78 Å². The van der Waals surface area contributed by atoms with Gasteiger partial charge in [-0.2, -0.15) is 11.3 Å². The third kappa shape index (κ3) is 3.37. The van der Waals surface area contributed by atoms with Gasteiger partial charge in [-0.15, -0.1) is 0 Å². The Kier molecular flexibility index (Phi) is 4.44. The summed E-state index contributed by atoms with van der Waals surface area (Å²) < 4.78 is 24.8. The molecule has 0 radical (unpaired) electrons. The van der Waals surface area contributed by atoms with E-state index in [2.05, 4.69) is 23.7 Å². The Morgan fingerprint density at radius 2 is 1.83 bits per heavy atom. The lowest BCUT2D eigenvalue weighted by atomic mass is 10.1. The van der Waals surface area contributed by atoms with E-state index in [1.165, 1.54) is 17.7 Å². The number of nitrogens with one attached hydrogen (secondary N) is 1. The minimum atomic E-state index is -2.39. The number of hydrogen-bond donors (Lipinski definition) is 1. The zero-order chi connectivity index (χ0) is 13.0. The molecule has 0 bridgehead atoms. The lowest BCUT2D eigenvalue weighted by molar-refractivity contribution is 0.151. The first-order valence-electron chi connectivity index (χ1n) is 5.79. The maximum Gasteiger partial charge on any atom is 0.263 e. The Labute approximate surface area is 109 Å². The minimum absolute atomic E-state index is 0.0737. The molecule has 0 spiro atoms. The smallest absolute Gasteiger partial charge is 0.263 e. The summed E-state index contributed by atoms with van der Waals surface area (Å²) in [5, 5.41) is 7.52. The number of benzene rings is 1. The van der Waals surface area contributed by atoms with Crippen molar-refractivity contribution in [1.82, 2.24) is 5.32 Å². The van der Waals surface area contributed by atoms with Crippen molar-refractivity contribution in [2.45, 2.75) is 25.9 Å². The Hall–Kier alpha value is -1.26. The van der Waals surface area contributed by atoms with Gasteiger partial charge < -0.3 is 5.32 Å². The van der Waals surface area contributed by atoms with Crippen LogP contribution in [0.4, 0.5) is 8.78 Å². The van der Waals surface area contributed by atoms with Crippen LogP contribution in [-0.4, -0.2) is 0 Å². The van der Waals surface area contributed by atoms with Gasteiger partial charge in [0.25, 0.3) is 6.43 Å². The number of rotatable bonds is 5. The largest absolute Gasteiger partial charge is 0.306 e. The van der Waals surface area contributed by atoms with E-state index in [1.54, 1.807) is 23.5 Å². The van der Waals surface area contributed by atoms with Crippen LogP contribution >= 0.6 is 11.3 Å². The molecule has 0 saturated carbocycles. The third-order valence-corrected chi connectivity index (χ3v) is 3.59. The monoisotopic (exact) mass is 267 g/mol. The van der Waals surface area contributed by atoms with Crippen LogP contribution in [0.5, 0.6) is 0 Å². The fraction of sp³-hybridized carbons (Fsp3) is 0.286. The molecule has 1 heterocycles. The summed E-state index contributed by atoms with van der Waals surface area (Å²) in [7, 11) is 0. The second-order valence-electron chi connectivity index (χ2n) is 4.20. The van der Waals surface area contributed by atoms with Crippen LogP contribution in [0.1, 0.15) is 36.1 Å². The molecule has 0 aliphatic carbocycles. The molecular formula is C14H15F2NS. The molecule has 0 aliphatic heterocycles. The van der Waals surface area contributed by atoms with Crippen molar-refractivity contribution in [2.24, 2.45) is 0 Å². The number of halogens is 2. The molecule has 4 heteroatoms. The highest BCUT2D eigenvalue weighted by molar-refractivity contribution is 7.07. The summed E-state index contributed by atoms with van der Waals surface area (Å²) in [4.78, 5) is 0. The third-order valence-electron chi connectivity index (χ3n) is 2.89. The van der Waals surface area contributed by atoms with Crippen LogP contribution in [0, 0.1) is 0 Å². The van der Waals surface area contributed by atoms with Crippen molar-refractivity contribution in [3.8, 4) is 0 Å². The molecule has 2 rings (SSSR count). The maximum absolute atomic E-state index is 12.4.